The number of rotatable bonds is 5. The normalized spacial score (nSPS) is 25.1. The van der Waals surface area contributed by atoms with Crippen LogP contribution in [0.2, 0.25) is 0 Å². The van der Waals surface area contributed by atoms with E-state index in [1.54, 1.807) is 0 Å². The van der Waals surface area contributed by atoms with Gasteiger partial charge >= 0.3 is 0 Å². The molecular weight excluding hydrogens is 194 g/mol. The predicted octanol–water partition coefficient (Wildman–Crippen LogP) is 4.04. The van der Waals surface area contributed by atoms with Gasteiger partial charge in [0.1, 0.15) is 0 Å². The lowest BCUT2D eigenvalue weighted by Gasteiger charge is -2.33. The highest BCUT2D eigenvalue weighted by Gasteiger charge is 2.25. The van der Waals surface area contributed by atoms with Crippen molar-refractivity contribution in [2.75, 3.05) is 0 Å². The Kier molecular flexibility index (Phi) is 4.90. The smallest absolute Gasteiger partial charge is 0.0139 e. The zero-order valence-corrected chi connectivity index (χ0v) is 10.8. The maximum Gasteiger partial charge on any atom is 0.0139 e. The Morgan fingerprint density at radius 2 is 1.81 bits per heavy atom. The van der Waals surface area contributed by atoms with Crippen molar-refractivity contribution < 1.29 is 0 Å². The molecule has 0 spiro atoms. The quantitative estimate of drug-likeness (QED) is 0.691. The summed E-state index contributed by atoms with van der Waals surface area (Å²) in [7, 11) is 0. The highest BCUT2D eigenvalue weighted by atomic mass is 15.0. The number of hydrogen-bond acceptors (Lipinski definition) is 1. The van der Waals surface area contributed by atoms with Gasteiger partial charge in [-0.05, 0) is 38.0 Å². The summed E-state index contributed by atoms with van der Waals surface area (Å²) < 4.78 is 0. The van der Waals surface area contributed by atoms with E-state index < -0.39 is 0 Å². The van der Waals surface area contributed by atoms with E-state index in [4.69, 9.17) is 0 Å². The lowest BCUT2D eigenvalue weighted by Crippen LogP contribution is -2.42. The maximum absolute atomic E-state index is 3.92. The zero-order valence-electron chi connectivity index (χ0n) is 10.8. The molecule has 92 valence electrons. The lowest BCUT2D eigenvalue weighted by molar-refractivity contribution is 0.241. The molecule has 2 aliphatic rings. The van der Waals surface area contributed by atoms with Crippen molar-refractivity contribution in [2.45, 2.75) is 76.8 Å². The second kappa shape index (κ2) is 6.44. The molecule has 0 saturated heterocycles. The Morgan fingerprint density at radius 3 is 2.44 bits per heavy atom. The SMILES string of the molecule is CCCC(NC1CC=CC1)C1CCCCC1. The number of nitrogens with one attached hydrogen (secondary N) is 1. The molecule has 0 aliphatic heterocycles. The fourth-order valence-electron chi connectivity index (χ4n) is 3.36. The summed E-state index contributed by atoms with van der Waals surface area (Å²) in [6.07, 6.45) is 17.2. The summed E-state index contributed by atoms with van der Waals surface area (Å²) in [5.41, 5.74) is 0. The monoisotopic (exact) mass is 221 g/mol. The highest BCUT2D eigenvalue weighted by Crippen LogP contribution is 2.29. The van der Waals surface area contributed by atoms with Crippen molar-refractivity contribution in [2.24, 2.45) is 5.92 Å². The largest absolute Gasteiger partial charge is 0.310 e. The van der Waals surface area contributed by atoms with E-state index >= 15 is 0 Å². The van der Waals surface area contributed by atoms with E-state index in [-0.39, 0.29) is 0 Å². The van der Waals surface area contributed by atoms with Crippen LogP contribution in [0.5, 0.6) is 0 Å². The average molecular weight is 221 g/mol. The molecule has 2 rings (SSSR count). The first-order valence-corrected chi connectivity index (χ1v) is 7.31. The van der Waals surface area contributed by atoms with Crippen molar-refractivity contribution in [3.63, 3.8) is 0 Å². The van der Waals surface area contributed by atoms with Crippen LogP contribution in [0.15, 0.2) is 12.2 Å². The van der Waals surface area contributed by atoms with Crippen LogP contribution in [0.25, 0.3) is 0 Å². The Balaban J connectivity index is 1.82. The minimum absolute atomic E-state index is 0.749. The third-order valence-corrected chi connectivity index (χ3v) is 4.28. The van der Waals surface area contributed by atoms with Crippen LogP contribution in [0.3, 0.4) is 0 Å². The molecule has 1 nitrogen and oxygen atoms in total. The Hall–Kier alpha value is -0.300. The van der Waals surface area contributed by atoms with Crippen molar-refractivity contribution in [1.82, 2.24) is 5.32 Å². The zero-order chi connectivity index (χ0) is 11.2. The summed E-state index contributed by atoms with van der Waals surface area (Å²) in [6.45, 7) is 2.32. The van der Waals surface area contributed by atoms with Gasteiger partial charge in [0.15, 0.2) is 0 Å². The van der Waals surface area contributed by atoms with Gasteiger partial charge in [0.05, 0.1) is 0 Å². The third-order valence-electron chi connectivity index (χ3n) is 4.28. The molecule has 1 N–H and O–H groups in total. The van der Waals surface area contributed by atoms with Crippen LogP contribution in [0.4, 0.5) is 0 Å². The molecule has 0 amide bonds. The van der Waals surface area contributed by atoms with Gasteiger partial charge in [-0.2, -0.15) is 0 Å². The first-order valence-electron chi connectivity index (χ1n) is 7.31. The van der Waals surface area contributed by atoms with E-state index in [9.17, 15) is 0 Å². The molecule has 1 fully saturated rings. The Morgan fingerprint density at radius 1 is 1.12 bits per heavy atom. The second-order valence-corrected chi connectivity index (χ2v) is 5.60. The Labute approximate surface area is 101 Å². The fourth-order valence-corrected chi connectivity index (χ4v) is 3.36. The van der Waals surface area contributed by atoms with Crippen molar-refractivity contribution in [1.29, 1.82) is 0 Å². The molecule has 2 aliphatic carbocycles. The van der Waals surface area contributed by atoms with Gasteiger partial charge < -0.3 is 5.32 Å². The average Bonchev–Trinajstić information content (AvgIpc) is 2.83. The molecular formula is C15H27N. The van der Waals surface area contributed by atoms with E-state index in [1.807, 2.05) is 0 Å². The Bertz CT molecular complexity index is 207. The first kappa shape index (κ1) is 12.2. The van der Waals surface area contributed by atoms with E-state index in [1.165, 1.54) is 57.8 Å². The van der Waals surface area contributed by atoms with Crippen LogP contribution in [-0.4, -0.2) is 12.1 Å². The van der Waals surface area contributed by atoms with Crippen LogP contribution in [0.1, 0.15) is 64.7 Å². The summed E-state index contributed by atoms with van der Waals surface area (Å²) in [6, 6.07) is 1.55. The van der Waals surface area contributed by atoms with Gasteiger partial charge in [-0.25, -0.2) is 0 Å². The van der Waals surface area contributed by atoms with Crippen LogP contribution in [-0.2, 0) is 0 Å². The van der Waals surface area contributed by atoms with Gasteiger partial charge in [0.25, 0.3) is 0 Å². The molecule has 1 heteroatoms. The van der Waals surface area contributed by atoms with Gasteiger partial charge in [-0.1, -0.05) is 44.8 Å². The minimum Gasteiger partial charge on any atom is -0.310 e. The molecule has 0 aromatic rings. The molecule has 1 atom stereocenters. The third kappa shape index (κ3) is 3.35. The maximum atomic E-state index is 3.92. The molecule has 1 unspecified atom stereocenters. The molecule has 0 aromatic heterocycles. The van der Waals surface area contributed by atoms with Crippen LogP contribution < -0.4 is 5.32 Å². The minimum atomic E-state index is 0.749. The van der Waals surface area contributed by atoms with Crippen molar-refractivity contribution >= 4 is 0 Å². The summed E-state index contributed by atoms with van der Waals surface area (Å²) in [5, 5.41) is 3.92. The first-order chi connectivity index (χ1) is 7.90. The predicted molar refractivity (Wildman–Crippen MR) is 70.6 cm³/mol. The van der Waals surface area contributed by atoms with Gasteiger partial charge in [0.2, 0.25) is 0 Å². The molecule has 0 radical (unpaired) electrons. The van der Waals surface area contributed by atoms with Crippen LogP contribution >= 0.6 is 0 Å². The fraction of sp³-hybridized carbons (Fsp3) is 0.867. The topological polar surface area (TPSA) is 12.0 Å². The van der Waals surface area contributed by atoms with Crippen LogP contribution in [0, 0.1) is 5.92 Å². The molecule has 0 bridgehead atoms. The second-order valence-electron chi connectivity index (χ2n) is 5.60. The molecule has 16 heavy (non-hydrogen) atoms. The highest BCUT2D eigenvalue weighted by molar-refractivity contribution is 4.99. The van der Waals surface area contributed by atoms with Gasteiger partial charge in [-0.3, -0.25) is 0 Å². The van der Waals surface area contributed by atoms with Gasteiger partial charge in [0, 0.05) is 12.1 Å². The molecule has 0 heterocycles. The number of hydrogen-bond donors (Lipinski definition) is 1. The summed E-state index contributed by atoms with van der Waals surface area (Å²) >= 11 is 0. The summed E-state index contributed by atoms with van der Waals surface area (Å²) in [5.74, 6) is 0.967. The van der Waals surface area contributed by atoms with E-state index in [2.05, 4.69) is 24.4 Å². The molecule has 0 aromatic carbocycles. The standard InChI is InChI=1S/C15H27N/c1-2-8-15(13-9-4-3-5-10-13)16-14-11-6-7-12-14/h6-7,13-16H,2-5,8-12H2,1H3. The molecule has 1 saturated carbocycles. The van der Waals surface area contributed by atoms with E-state index in [0.29, 0.717) is 0 Å². The van der Waals surface area contributed by atoms with Crippen molar-refractivity contribution in [3.05, 3.63) is 12.2 Å². The van der Waals surface area contributed by atoms with Gasteiger partial charge in [-0.15, -0.1) is 0 Å². The van der Waals surface area contributed by atoms with E-state index in [0.717, 1.165) is 18.0 Å². The lowest BCUT2D eigenvalue weighted by atomic mass is 9.82. The van der Waals surface area contributed by atoms with Crippen molar-refractivity contribution in [3.8, 4) is 0 Å². The summed E-state index contributed by atoms with van der Waals surface area (Å²) in [4.78, 5) is 0.